The molecule has 102 valence electrons. The first-order valence-corrected chi connectivity index (χ1v) is 5.68. The minimum Gasteiger partial charge on any atom is -0.384 e. The number of rotatable bonds is 3. The molecule has 2 rings (SSSR count). The van der Waals surface area contributed by atoms with Crippen LogP contribution in [0.1, 0.15) is 10.4 Å². The van der Waals surface area contributed by atoms with E-state index in [0.29, 0.717) is 5.02 Å². The maximum atomic E-state index is 12.0. The molecule has 3 N–H and O–H groups in total. The van der Waals surface area contributed by atoms with E-state index in [0.717, 1.165) is 12.3 Å². The van der Waals surface area contributed by atoms with Crippen LogP contribution >= 0.6 is 11.6 Å². The number of anilines is 2. The second kappa shape index (κ2) is 5.49. The summed E-state index contributed by atoms with van der Waals surface area (Å²) in [5.74, 6) is -0.491. The van der Waals surface area contributed by atoms with E-state index in [-0.39, 0.29) is 17.2 Å². The molecule has 1 amide bonds. The van der Waals surface area contributed by atoms with Crippen LogP contribution in [-0.2, 0) is 0 Å². The van der Waals surface area contributed by atoms with Crippen LogP contribution in [0.3, 0.4) is 0 Å². The van der Waals surface area contributed by atoms with Crippen molar-refractivity contribution in [1.29, 1.82) is 0 Å². The molecule has 0 unspecified atom stereocenters. The van der Waals surface area contributed by atoms with Crippen LogP contribution in [0.5, 0.6) is 0 Å². The molecule has 0 radical (unpaired) electrons. The molecular weight excluding hydrogens is 286 g/mol. The van der Waals surface area contributed by atoms with Gasteiger partial charge in [-0.1, -0.05) is 11.6 Å². The first-order valence-electron chi connectivity index (χ1n) is 5.30. The number of pyridine rings is 2. The number of nitrogen functional groups attached to an aromatic ring is 1. The molecule has 9 heteroatoms. The number of amides is 1. The zero-order valence-electron chi connectivity index (χ0n) is 9.91. The second-order valence-corrected chi connectivity index (χ2v) is 4.14. The van der Waals surface area contributed by atoms with Gasteiger partial charge in [-0.25, -0.2) is 9.97 Å². The van der Waals surface area contributed by atoms with Gasteiger partial charge in [0.1, 0.15) is 23.4 Å². The van der Waals surface area contributed by atoms with E-state index in [9.17, 15) is 14.9 Å². The van der Waals surface area contributed by atoms with E-state index < -0.39 is 16.5 Å². The van der Waals surface area contributed by atoms with Crippen molar-refractivity contribution in [2.75, 3.05) is 11.1 Å². The van der Waals surface area contributed by atoms with Crippen LogP contribution in [0.15, 0.2) is 30.6 Å². The van der Waals surface area contributed by atoms with E-state index in [1.807, 2.05) is 0 Å². The highest BCUT2D eigenvalue weighted by Gasteiger charge is 2.21. The van der Waals surface area contributed by atoms with E-state index in [1.165, 1.54) is 18.3 Å². The lowest BCUT2D eigenvalue weighted by Crippen LogP contribution is -2.15. The van der Waals surface area contributed by atoms with E-state index in [2.05, 4.69) is 15.3 Å². The number of nitro groups is 1. The molecule has 0 atom stereocenters. The molecule has 0 saturated heterocycles. The average molecular weight is 294 g/mol. The maximum Gasteiger partial charge on any atom is 0.300 e. The zero-order chi connectivity index (χ0) is 14.7. The van der Waals surface area contributed by atoms with Gasteiger partial charge < -0.3 is 11.1 Å². The molecule has 8 nitrogen and oxygen atoms in total. The summed E-state index contributed by atoms with van der Waals surface area (Å²) >= 11 is 5.66. The van der Waals surface area contributed by atoms with Crippen LogP contribution < -0.4 is 11.1 Å². The SMILES string of the molecule is Nc1cc(C(=O)Nc2ccc(Cl)cn2)c([N+](=O)[O-])cn1. The second-order valence-electron chi connectivity index (χ2n) is 3.70. The van der Waals surface area contributed by atoms with Crippen molar-refractivity contribution < 1.29 is 9.72 Å². The Hall–Kier alpha value is -2.74. The maximum absolute atomic E-state index is 12.0. The summed E-state index contributed by atoms with van der Waals surface area (Å²) in [7, 11) is 0. The minimum absolute atomic E-state index is 0.00446. The summed E-state index contributed by atoms with van der Waals surface area (Å²) in [5.41, 5.74) is 4.80. The van der Waals surface area contributed by atoms with Gasteiger partial charge in [-0.3, -0.25) is 14.9 Å². The smallest absolute Gasteiger partial charge is 0.300 e. The quantitative estimate of drug-likeness (QED) is 0.657. The fraction of sp³-hybridized carbons (Fsp3) is 0. The third kappa shape index (κ3) is 2.98. The molecular formula is C11H8ClN5O3. The van der Waals surface area contributed by atoms with Crippen LogP contribution in [0, 0.1) is 10.1 Å². The Morgan fingerprint density at radius 2 is 2.10 bits per heavy atom. The molecule has 0 fully saturated rings. The average Bonchev–Trinajstić information content (AvgIpc) is 2.41. The van der Waals surface area contributed by atoms with Crippen molar-refractivity contribution >= 4 is 34.8 Å². The van der Waals surface area contributed by atoms with Crippen molar-refractivity contribution in [2.45, 2.75) is 0 Å². The highest BCUT2D eigenvalue weighted by Crippen LogP contribution is 2.20. The van der Waals surface area contributed by atoms with Crippen molar-refractivity contribution in [3.05, 3.63) is 51.3 Å². The summed E-state index contributed by atoms with van der Waals surface area (Å²) in [6.07, 6.45) is 2.27. The number of hydrogen-bond donors (Lipinski definition) is 2. The molecule has 0 spiro atoms. The Balaban J connectivity index is 2.31. The lowest BCUT2D eigenvalue weighted by atomic mass is 10.2. The van der Waals surface area contributed by atoms with E-state index >= 15 is 0 Å². The molecule has 0 saturated carbocycles. The number of aromatic nitrogens is 2. The van der Waals surface area contributed by atoms with E-state index in [4.69, 9.17) is 17.3 Å². The fourth-order valence-corrected chi connectivity index (χ4v) is 1.54. The van der Waals surface area contributed by atoms with Gasteiger partial charge in [0.2, 0.25) is 0 Å². The van der Waals surface area contributed by atoms with E-state index in [1.54, 1.807) is 0 Å². The molecule has 2 aromatic heterocycles. The molecule has 2 aromatic rings. The topological polar surface area (TPSA) is 124 Å². The number of carbonyl (C=O) groups is 1. The van der Waals surface area contributed by atoms with Crippen molar-refractivity contribution in [1.82, 2.24) is 9.97 Å². The van der Waals surface area contributed by atoms with Gasteiger partial charge in [0.05, 0.1) is 9.95 Å². The largest absolute Gasteiger partial charge is 0.384 e. The Labute approximate surface area is 117 Å². The van der Waals surface area contributed by atoms with Gasteiger partial charge in [0, 0.05) is 6.20 Å². The Kier molecular flexibility index (Phi) is 3.76. The Bertz CT molecular complexity index is 674. The number of carbonyl (C=O) groups excluding carboxylic acids is 1. The third-order valence-corrected chi connectivity index (χ3v) is 2.54. The molecule has 2 heterocycles. The highest BCUT2D eigenvalue weighted by atomic mass is 35.5. The van der Waals surface area contributed by atoms with Crippen molar-refractivity contribution in [2.24, 2.45) is 0 Å². The van der Waals surface area contributed by atoms with Crippen LogP contribution in [0.25, 0.3) is 0 Å². The molecule has 0 bridgehead atoms. The van der Waals surface area contributed by atoms with Gasteiger partial charge >= 0.3 is 0 Å². The monoisotopic (exact) mass is 293 g/mol. The predicted molar refractivity (Wildman–Crippen MR) is 72.5 cm³/mol. The lowest BCUT2D eigenvalue weighted by Gasteiger charge is -2.05. The molecule has 20 heavy (non-hydrogen) atoms. The molecule has 0 aliphatic carbocycles. The van der Waals surface area contributed by atoms with Gasteiger partial charge in [-0.05, 0) is 18.2 Å². The summed E-state index contributed by atoms with van der Waals surface area (Å²) in [6, 6.07) is 4.12. The number of nitrogens with one attached hydrogen (secondary N) is 1. The van der Waals surface area contributed by atoms with Crippen molar-refractivity contribution in [3.8, 4) is 0 Å². The number of hydrogen-bond acceptors (Lipinski definition) is 6. The highest BCUT2D eigenvalue weighted by molar-refractivity contribution is 6.30. The van der Waals surface area contributed by atoms with Gasteiger partial charge in [-0.15, -0.1) is 0 Å². The minimum atomic E-state index is -0.712. The Morgan fingerprint density at radius 1 is 1.35 bits per heavy atom. The van der Waals surface area contributed by atoms with Crippen molar-refractivity contribution in [3.63, 3.8) is 0 Å². The fourth-order valence-electron chi connectivity index (χ4n) is 1.43. The standard InChI is InChI=1S/C11H8ClN5O3/c12-6-1-2-10(15-4-6)16-11(18)7-3-9(13)14-5-8(7)17(19)20/h1-5H,(H2,13,14)(H,15,16,18). The predicted octanol–water partition coefficient (Wildman–Crippen LogP) is 1.87. The van der Waals surface area contributed by atoms with Gasteiger partial charge in [0.15, 0.2) is 0 Å². The summed E-state index contributed by atoms with van der Waals surface area (Å²) in [6.45, 7) is 0. The first kappa shape index (κ1) is 13.7. The third-order valence-electron chi connectivity index (χ3n) is 2.31. The lowest BCUT2D eigenvalue weighted by molar-refractivity contribution is -0.385. The summed E-state index contributed by atoms with van der Waals surface area (Å²) < 4.78 is 0. The molecule has 0 aliphatic rings. The number of nitrogens with two attached hydrogens (primary N) is 1. The Morgan fingerprint density at radius 3 is 2.70 bits per heavy atom. The summed E-state index contributed by atoms with van der Waals surface area (Å²) in [5, 5.41) is 13.7. The first-order chi connectivity index (χ1) is 9.47. The molecule has 0 aromatic carbocycles. The number of halogens is 1. The number of nitrogens with zero attached hydrogens (tertiary/aromatic N) is 3. The zero-order valence-corrected chi connectivity index (χ0v) is 10.7. The van der Waals surface area contributed by atoms with Crippen LogP contribution in [0.2, 0.25) is 5.02 Å². The van der Waals surface area contributed by atoms with Gasteiger partial charge in [0.25, 0.3) is 11.6 Å². The molecule has 0 aliphatic heterocycles. The van der Waals surface area contributed by atoms with Crippen LogP contribution in [-0.4, -0.2) is 20.8 Å². The normalized spacial score (nSPS) is 10.1. The van der Waals surface area contributed by atoms with Crippen LogP contribution in [0.4, 0.5) is 17.3 Å². The van der Waals surface area contributed by atoms with Gasteiger partial charge in [-0.2, -0.15) is 0 Å². The summed E-state index contributed by atoms with van der Waals surface area (Å²) in [4.78, 5) is 29.6.